The zero-order valence-electron chi connectivity index (χ0n) is 12.5. The predicted molar refractivity (Wildman–Crippen MR) is 92.2 cm³/mol. The minimum atomic E-state index is -0.742. The first kappa shape index (κ1) is 17.8. The summed E-state index contributed by atoms with van der Waals surface area (Å²) in [5, 5.41) is 3.77. The van der Waals surface area contributed by atoms with Crippen molar-refractivity contribution in [2.75, 3.05) is 6.61 Å². The number of benzene rings is 1. The number of rotatable bonds is 6. The van der Waals surface area contributed by atoms with Crippen LogP contribution in [0.1, 0.15) is 12.5 Å². The van der Waals surface area contributed by atoms with Crippen molar-refractivity contribution in [2.45, 2.75) is 6.92 Å². The molecule has 0 unspecified atom stereocenters. The van der Waals surface area contributed by atoms with Gasteiger partial charge in [-0.25, -0.2) is 4.98 Å². The molecule has 0 saturated heterocycles. The van der Waals surface area contributed by atoms with Gasteiger partial charge in [-0.15, -0.1) is 0 Å². The molecule has 7 nitrogen and oxygen atoms in total. The van der Waals surface area contributed by atoms with E-state index in [0.29, 0.717) is 17.9 Å². The number of thiocarbonyl (C=S) groups is 1. The first-order valence-corrected chi connectivity index (χ1v) is 7.49. The summed E-state index contributed by atoms with van der Waals surface area (Å²) in [6.45, 7) is 2.19. The van der Waals surface area contributed by atoms with Crippen molar-refractivity contribution in [1.29, 1.82) is 0 Å². The van der Waals surface area contributed by atoms with E-state index in [-0.39, 0.29) is 22.0 Å². The molecule has 0 saturated carbocycles. The fraction of sp³-hybridized carbons (Fsp3) is 0.143. The molecule has 126 valence electrons. The summed E-state index contributed by atoms with van der Waals surface area (Å²) in [5.74, 6) is -0.392. The molecule has 24 heavy (non-hydrogen) atoms. The van der Waals surface area contributed by atoms with Crippen LogP contribution >= 0.6 is 23.8 Å². The molecule has 0 fully saturated rings. The van der Waals surface area contributed by atoms with Crippen LogP contribution in [0.2, 0.25) is 5.28 Å². The molecule has 10 heteroatoms. The minimum absolute atomic E-state index is 0.0485. The molecule has 0 radical (unpaired) electrons. The molecule has 0 aliphatic heterocycles. The number of nitrogens with two attached hydrogens (primary N) is 1. The summed E-state index contributed by atoms with van der Waals surface area (Å²) in [5.41, 5.74) is 8.40. The smallest absolute Gasteiger partial charge is 0.260 e. The summed E-state index contributed by atoms with van der Waals surface area (Å²) in [6, 6.07) is 4.93. The zero-order chi connectivity index (χ0) is 17.5. The molecular weight excluding hydrogens is 357 g/mol. The van der Waals surface area contributed by atoms with E-state index >= 15 is 0 Å². The lowest BCUT2D eigenvalue weighted by Crippen LogP contribution is -2.23. The van der Waals surface area contributed by atoms with Gasteiger partial charge in [0.2, 0.25) is 11.1 Å². The van der Waals surface area contributed by atoms with Gasteiger partial charge in [0.25, 0.3) is 5.88 Å². The van der Waals surface area contributed by atoms with Crippen LogP contribution in [-0.4, -0.2) is 27.9 Å². The summed E-state index contributed by atoms with van der Waals surface area (Å²) in [6.07, 6.45) is 2.42. The summed E-state index contributed by atoms with van der Waals surface area (Å²) in [7, 11) is 0. The molecular formula is C14H13ClFN5O2S. The quantitative estimate of drug-likeness (QED) is 0.350. The maximum Gasteiger partial charge on any atom is 0.260 e. The third-order valence-corrected chi connectivity index (χ3v) is 2.82. The highest BCUT2D eigenvalue weighted by Crippen LogP contribution is 2.32. The third-order valence-electron chi connectivity index (χ3n) is 2.55. The van der Waals surface area contributed by atoms with Crippen LogP contribution in [-0.2, 0) is 0 Å². The molecule has 1 aromatic heterocycles. The van der Waals surface area contributed by atoms with E-state index in [1.807, 2.05) is 0 Å². The highest BCUT2D eigenvalue weighted by molar-refractivity contribution is 7.80. The third kappa shape index (κ3) is 5.00. The fourth-order valence-electron chi connectivity index (χ4n) is 1.63. The van der Waals surface area contributed by atoms with E-state index in [1.54, 1.807) is 25.1 Å². The number of halogens is 2. The Labute approximate surface area is 147 Å². The zero-order valence-corrected chi connectivity index (χ0v) is 14.1. The van der Waals surface area contributed by atoms with Crippen molar-refractivity contribution in [3.05, 3.63) is 41.1 Å². The maximum absolute atomic E-state index is 13.7. The fourth-order valence-corrected chi connectivity index (χ4v) is 1.81. The molecule has 1 heterocycles. The monoisotopic (exact) mass is 369 g/mol. The van der Waals surface area contributed by atoms with Gasteiger partial charge in [0, 0.05) is 0 Å². The van der Waals surface area contributed by atoms with Crippen molar-refractivity contribution < 1.29 is 13.9 Å². The second-order valence-corrected chi connectivity index (χ2v) is 5.05. The Balaban J connectivity index is 2.27. The van der Waals surface area contributed by atoms with Crippen LogP contribution in [0, 0.1) is 5.82 Å². The number of nitrogens with zero attached hydrogens (tertiary/aromatic N) is 3. The Morgan fingerprint density at radius 3 is 3.00 bits per heavy atom. The van der Waals surface area contributed by atoms with E-state index in [4.69, 9.17) is 26.8 Å². The summed E-state index contributed by atoms with van der Waals surface area (Å²) < 4.78 is 24.6. The minimum Gasteiger partial charge on any atom is -0.490 e. The Kier molecular flexibility index (Phi) is 6.21. The van der Waals surface area contributed by atoms with Gasteiger partial charge in [0.05, 0.1) is 19.0 Å². The van der Waals surface area contributed by atoms with E-state index in [0.717, 1.165) is 6.20 Å². The average molecular weight is 370 g/mol. The molecule has 1 aromatic carbocycles. The molecule has 2 aromatic rings. The molecule has 0 atom stereocenters. The standard InChI is InChI=1S/C14H13ClFN5O2S/c1-2-22-11-5-8(6-19-21-14(17)24)3-4-10(11)23-12-9(16)7-18-13(15)20-12/h3-7H,2H2,1H3,(H3,17,21,24)/b19-6+. The molecule has 0 aliphatic rings. The second kappa shape index (κ2) is 8.37. The molecule has 2 rings (SSSR count). The summed E-state index contributed by atoms with van der Waals surface area (Å²) >= 11 is 10.3. The van der Waals surface area contributed by atoms with Crippen molar-refractivity contribution in [3.63, 3.8) is 0 Å². The normalized spacial score (nSPS) is 10.6. The number of aromatic nitrogens is 2. The van der Waals surface area contributed by atoms with Gasteiger partial charge < -0.3 is 15.2 Å². The SMILES string of the molecule is CCOc1cc(/C=N/NC(N)=S)ccc1Oc1nc(Cl)ncc1F. The first-order valence-electron chi connectivity index (χ1n) is 6.71. The van der Waals surface area contributed by atoms with Gasteiger partial charge in [-0.2, -0.15) is 14.5 Å². The van der Waals surface area contributed by atoms with Crippen LogP contribution in [0.5, 0.6) is 17.4 Å². The largest absolute Gasteiger partial charge is 0.490 e. The van der Waals surface area contributed by atoms with E-state index < -0.39 is 5.82 Å². The number of ether oxygens (including phenoxy) is 2. The van der Waals surface area contributed by atoms with Crippen LogP contribution in [0.15, 0.2) is 29.5 Å². The van der Waals surface area contributed by atoms with Crippen molar-refractivity contribution in [1.82, 2.24) is 15.4 Å². The second-order valence-electron chi connectivity index (χ2n) is 4.27. The summed E-state index contributed by atoms with van der Waals surface area (Å²) in [4.78, 5) is 7.22. The van der Waals surface area contributed by atoms with Crippen LogP contribution in [0.4, 0.5) is 4.39 Å². The average Bonchev–Trinajstić information content (AvgIpc) is 2.53. The Morgan fingerprint density at radius 1 is 1.50 bits per heavy atom. The van der Waals surface area contributed by atoms with Gasteiger partial charge in [0.15, 0.2) is 16.6 Å². The maximum atomic E-state index is 13.7. The van der Waals surface area contributed by atoms with E-state index in [2.05, 4.69) is 32.7 Å². The van der Waals surface area contributed by atoms with Gasteiger partial charge in [-0.1, -0.05) is 0 Å². The van der Waals surface area contributed by atoms with Crippen LogP contribution in [0.25, 0.3) is 0 Å². The van der Waals surface area contributed by atoms with E-state index in [1.165, 1.54) is 6.21 Å². The number of nitrogens with one attached hydrogen (secondary N) is 1. The Hall–Kier alpha value is -2.52. The van der Waals surface area contributed by atoms with Crippen molar-refractivity contribution >= 4 is 35.1 Å². The van der Waals surface area contributed by atoms with Crippen LogP contribution < -0.4 is 20.6 Å². The van der Waals surface area contributed by atoms with Crippen LogP contribution in [0.3, 0.4) is 0 Å². The first-order chi connectivity index (χ1) is 11.5. The van der Waals surface area contributed by atoms with Gasteiger partial charge in [-0.05, 0) is 54.5 Å². The highest BCUT2D eigenvalue weighted by Gasteiger charge is 2.13. The molecule has 0 spiro atoms. The lowest BCUT2D eigenvalue weighted by Gasteiger charge is -2.12. The van der Waals surface area contributed by atoms with Gasteiger partial charge in [-0.3, -0.25) is 5.43 Å². The van der Waals surface area contributed by atoms with Crippen molar-refractivity contribution in [2.24, 2.45) is 10.8 Å². The topological polar surface area (TPSA) is 94.7 Å². The van der Waals surface area contributed by atoms with Gasteiger partial charge in [0.1, 0.15) is 0 Å². The lowest BCUT2D eigenvalue weighted by molar-refractivity contribution is 0.316. The number of hydrogen-bond acceptors (Lipinski definition) is 6. The highest BCUT2D eigenvalue weighted by atomic mass is 35.5. The molecule has 0 bridgehead atoms. The molecule has 3 N–H and O–H groups in total. The number of hydrazone groups is 1. The Morgan fingerprint density at radius 2 is 2.29 bits per heavy atom. The predicted octanol–water partition coefficient (Wildman–Crippen LogP) is 2.63. The lowest BCUT2D eigenvalue weighted by atomic mass is 10.2. The van der Waals surface area contributed by atoms with E-state index in [9.17, 15) is 4.39 Å². The van der Waals surface area contributed by atoms with Gasteiger partial charge >= 0.3 is 0 Å². The number of hydrogen-bond donors (Lipinski definition) is 2. The molecule has 0 amide bonds. The van der Waals surface area contributed by atoms with Crippen molar-refractivity contribution in [3.8, 4) is 17.4 Å². The molecule has 0 aliphatic carbocycles. The Bertz CT molecular complexity index is 775.